The zero-order chi connectivity index (χ0) is 16.8. The fourth-order valence-electron chi connectivity index (χ4n) is 2.86. The van der Waals surface area contributed by atoms with Gasteiger partial charge >= 0.3 is 0 Å². The van der Waals surface area contributed by atoms with Crippen LogP contribution in [0.2, 0.25) is 5.02 Å². The van der Waals surface area contributed by atoms with Crippen LogP contribution < -0.4 is 10.1 Å². The van der Waals surface area contributed by atoms with Crippen LogP contribution in [0.25, 0.3) is 0 Å². The van der Waals surface area contributed by atoms with E-state index in [1.807, 2.05) is 26.0 Å². The molecule has 1 saturated heterocycles. The lowest BCUT2D eigenvalue weighted by Gasteiger charge is -2.32. The largest absolute Gasteiger partial charge is 0.479 e. The Bertz CT molecular complexity index is 528. The molecule has 1 aliphatic rings. The lowest BCUT2D eigenvalue weighted by molar-refractivity contribution is -0.129. The standard InChI is InChI=1S/C18H27ClN2O2/c1-4-16(23-17-12-13(3)6-7-15(17)19)18(22)20-14-8-10-21(5-2)11-9-14/h6-7,12,14,16H,4-5,8-11H2,1-3H3,(H,20,22)/t16-/m0/s1. The highest BCUT2D eigenvalue weighted by atomic mass is 35.5. The number of carbonyl (C=O) groups excluding carboxylic acids is 1. The second-order valence-electron chi connectivity index (χ2n) is 6.17. The minimum absolute atomic E-state index is 0.0416. The van der Waals surface area contributed by atoms with Crippen LogP contribution in [0.1, 0.15) is 38.7 Å². The Balaban J connectivity index is 1.92. The van der Waals surface area contributed by atoms with E-state index in [0.29, 0.717) is 17.2 Å². The van der Waals surface area contributed by atoms with Crippen LogP contribution in [-0.2, 0) is 4.79 Å². The molecule has 1 N–H and O–H groups in total. The highest BCUT2D eigenvalue weighted by Gasteiger charge is 2.25. The number of nitrogens with one attached hydrogen (secondary N) is 1. The van der Waals surface area contributed by atoms with Crippen LogP contribution in [0.3, 0.4) is 0 Å². The summed E-state index contributed by atoms with van der Waals surface area (Å²) in [6.07, 6.45) is 2.12. The van der Waals surface area contributed by atoms with Gasteiger partial charge in [0.05, 0.1) is 5.02 Å². The van der Waals surface area contributed by atoms with Gasteiger partial charge in [0, 0.05) is 19.1 Å². The van der Waals surface area contributed by atoms with Crippen molar-refractivity contribution in [3.05, 3.63) is 28.8 Å². The van der Waals surface area contributed by atoms with E-state index in [9.17, 15) is 4.79 Å². The molecule has 0 radical (unpaired) electrons. The number of likely N-dealkylation sites (tertiary alicyclic amines) is 1. The predicted octanol–water partition coefficient (Wildman–Crippen LogP) is 3.41. The summed E-state index contributed by atoms with van der Waals surface area (Å²) in [5.74, 6) is 0.537. The number of rotatable bonds is 6. The number of hydrogen-bond donors (Lipinski definition) is 1. The van der Waals surface area contributed by atoms with Crippen molar-refractivity contribution in [1.29, 1.82) is 0 Å². The van der Waals surface area contributed by atoms with Crippen molar-refractivity contribution >= 4 is 17.5 Å². The van der Waals surface area contributed by atoms with Gasteiger partial charge in [0.2, 0.25) is 0 Å². The highest BCUT2D eigenvalue weighted by molar-refractivity contribution is 6.32. The van der Waals surface area contributed by atoms with E-state index >= 15 is 0 Å². The molecule has 4 nitrogen and oxygen atoms in total. The van der Waals surface area contributed by atoms with Gasteiger partial charge in [-0.2, -0.15) is 0 Å². The number of benzene rings is 1. The lowest BCUT2D eigenvalue weighted by atomic mass is 10.0. The molecule has 5 heteroatoms. The Morgan fingerprint density at radius 3 is 2.70 bits per heavy atom. The van der Waals surface area contributed by atoms with Crippen LogP contribution >= 0.6 is 11.6 Å². The second-order valence-corrected chi connectivity index (χ2v) is 6.57. The summed E-state index contributed by atoms with van der Waals surface area (Å²) in [5.41, 5.74) is 1.06. The van der Waals surface area contributed by atoms with Crippen LogP contribution in [0.4, 0.5) is 0 Å². The number of hydrogen-bond acceptors (Lipinski definition) is 3. The Labute approximate surface area is 144 Å². The zero-order valence-corrected chi connectivity index (χ0v) is 15.0. The molecule has 1 aromatic rings. The van der Waals surface area contributed by atoms with Gasteiger partial charge in [-0.25, -0.2) is 0 Å². The van der Waals surface area contributed by atoms with Gasteiger partial charge in [-0.1, -0.05) is 31.5 Å². The number of ether oxygens (including phenoxy) is 1. The van der Waals surface area contributed by atoms with Crippen LogP contribution in [0, 0.1) is 6.92 Å². The SMILES string of the molecule is CC[C@H](Oc1cc(C)ccc1Cl)C(=O)NC1CCN(CC)CC1. The maximum absolute atomic E-state index is 12.5. The van der Waals surface area contributed by atoms with E-state index in [4.69, 9.17) is 16.3 Å². The molecule has 2 rings (SSSR count). The van der Waals surface area contributed by atoms with Crippen LogP contribution in [-0.4, -0.2) is 42.6 Å². The average Bonchev–Trinajstić information content (AvgIpc) is 2.56. The third-order valence-electron chi connectivity index (χ3n) is 4.40. The average molecular weight is 339 g/mol. The van der Waals surface area contributed by atoms with E-state index in [1.165, 1.54) is 0 Å². The summed E-state index contributed by atoms with van der Waals surface area (Å²) in [6.45, 7) is 9.27. The molecule has 23 heavy (non-hydrogen) atoms. The Hall–Kier alpha value is -1.26. The minimum atomic E-state index is -0.501. The van der Waals surface area contributed by atoms with E-state index in [0.717, 1.165) is 38.0 Å². The van der Waals surface area contributed by atoms with Crippen molar-refractivity contribution in [3.8, 4) is 5.75 Å². The first-order valence-electron chi connectivity index (χ1n) is 8.49. The monoisotopic (exact) mass is 338 g/mol. The van der Waals surface area contributed by atoms with Gasteiger partial charge in [-0.15, -0.1) is 0 Å². The van der Waals surface area contributed by atoms with Gasteiger partial charge in [0.15, 0.2) is 6.10 Å². The van der Waals surface area contributed by atoms with E-state index < -0.39 is 6.10 Å². The summed E-state index contributed by atoms with van der Waals surface area (Å²) in [5, 5.41) is 3.68. The summed E-state index contributed by atoms with van der Waals surface area (Å²) in [6, 6.07) is 5.85. The quantitative estimate of drug-likeness (QED) is 0.864. The van der Waals surface area contributed by atoms with Crippen molar-refractivity contribution < 1.29 is 9.53 Å². The van der Waals surface area contributed by atoms with Gasteiger partial charge < -0.3 is 15.0 Å². The van der Waals surface area contributed by atoms with Crippen LogP contribution in [0.5, 0.6) is 5.75 Å². The maximum atomic E-state index is 12.5. The molecule has 1 aromatic carbocycles. The normalized spacial score (nSPS) is 17.7. The fraction of sp³-hybridized carbons (Fsp3) is 0.611. The number of aryl methyl sites for hydroxylation is 1. The topological polar surface area (TPSA) is 41.6 Å². The smallest absolute Gasteiger partial charge is 0.261 e. The summed E-state index contributed by atoms with van der Waals surface area (Å²) < 4.78 is 5.87. The Morgan fingerprint density at radius 2 is 2.09 bits per heavy atom. The zero-order valence-electron chi connectivity index (χ0n) is 14.3. The molecule has 0 aliphatic carbocycles. The van der Waals surface area contributed by atoms with E-state index in [2.05, 4.69) is 17.1 Å². The molecule has 0 spiro atoms. The summed E-state index contributed by atoms with van der Waals surface area (Å²) in [4.78, 5) is 14.9. The van der Waals surface area contributed by atoms with Gasteiger partial charge in [0.25, 0.3) is 5.91 Å². The van der Waals surface area contributed by atoms with Crippen molar-refractivity contribution in [3.63, 3.8) is 0 Å². The predicted molar refractivity (Wildman–Crippen MR) is 94.2 cm³/mol. The van der Waals surface area contributed by atoms with Gasteiger partial charge in [-0.05, 0) is 50.4 Å². The molecule has 1 amide bonds. The number of carbonyl (C=O) groups is 1. The third-order valence-corrected chi connectivity index (χ3v) is 4.71. The molecule has 0 unspecified atom stereocenters. The molecule has 128 valence electrons. The number of amides is 1. The number of halogens is 1. The summed E-state index contributed by atoms with van der Waals surface area (Å²) in [7, 11) is 0. The fourth-order valence-corrected chi connectivity index (χ4v) is 3.03. The van der Waals surface area contributed by atoms with E-state index in [-0.39, 0.29) is 11.9 Å². The van der Waals surface area contributed by atoms with Crippen molar-refractivity contribution in [2.75, 3.05) is 19.6 Å². The van der Waals surface area contributed by atoms with Crippen LogP contribution in [0.15, 0.2) is 18.2 Å². The second kappa shape index (κ2) is 8.55. The van der Waals surface area contributed by atoms with Gasteiger partial charge in [0.1, 0.15) is 5.75 Å². The molecule has 0 saturated carbocycles. The Kier molecular flexibility index (Phi) is 6.72. The summed E-state index contributed by atoms with van der Waals surface area (Å²) >= 11 is 6.16. The molecule has 1 fully saturated rings. The lowest BCUT2D eigenvalue weighted by Crippen LogP contribution is -2.48. The minimum Gasteiger partial charge on any atom is -0.479 e. The maximum Gasteiger partial charge on any atom is 0.261 e. The molecule has 1 atom stereocenters. The molecular weight excluding hydrogens is 312 g/mol. The first-order valence-corrected chi connectivity index (χ1v) is 8.86. The van der Waals surface area contributed by atoms with Crippen molar-refractivity contribution in [2.24, 2.45) is 0 Å². The molecule has 1 heterocycles. The highest BCUT2D eigenvalue weighted by Crippen LogP contribution is 2.27. The first-order chi connectivity index (χ1) is 11.0. The van der Waals surface area contributed by atoms with E-state index in [1.54, 1.807) is 6.07 Å². The van der Waals surface area contributed by atoms with Crippen molar-refractivity contribution in [1.82, 2.24) is 10.2 Å². The van der Waals surface area contributed by atoms with Crippen molar-refractivity contribution in [2.45, 2.75) is 52.2 Å². The number of nitrogens with zero attached hydrogens (tertiary/aromatic N) is 1. The molecule has 0 aromatic heterocycles. The van der Waals surface area contributed by atoms with Gasteiger partial charge in [-0.3, -0.25) is 4.79 Å². The third kappa shape index (κ3) is 5.11. The first kappa shape index (κ1) is 18.1. The molecule has 0 bridgehead atoms. The Morgan fingerprint density at radius 1 is 1.39 bits per heavy atom. The molecular formula is C18H27ClN2O2. The number of piperidine rings is 1. The molecule has 1 aliphatic heterocycles.